The molecule has 2 aromatic rings. The zero-order chi connectivity index (χ0) is 16.4. The van der Waals surface area contributed by atoms with Crippen molar-refractivity contribution in [3.8, 4) is 0 Å². The normalized spacial score (nSPS) is 19.1. The van der Waals surface area contributed by atoms with Crippen molar-refractivity contribution in [2.45, 2.75) is 45.7 Å². The van der Waals surface area contributed by atoms with Gasteiger partial charge in [0.05, 0.1) is 25.0 Å². The second-order valence-corrected chi connectivity index (χ2v) is 7.38. The van der Waals surface area contributed by atoms with E-state index in [1.807, 2.05) is 18.3 Å². The molecule has 3 rings (SSSR count). The third-order valence-corrected chi connectivity index (χ3v) is 4.53. The van der Waals surface area contributed by atoms with Gasteiger partial charge < -0.3 is 8.83 Å². The minimum atomic E-state index is 0.00665. The van der Waals surface area contributed by atoms with Crippen molar-refractivity contribution in [2.75, 3.05) is 26.2 Å². The standard InChI is InChI=1S/C18H27N3O2/c1-14(17-19-12-16(23-17)18(2,3)4)21-9-7-20(8-10-21)13-15-6-5-11-22-15/h5-6,11-12,14H,7-10,13H2,1-4H3. The van der Waals surface area contributed by atoms with Gasteiger partial charge in [-0.2, -0.15) is 0 Å². The molecule has 0 amide bonds. The topological polar surface area (TPSA) is 45.7 Å². The van der Waals surface area contributed by atoms with E-state index in [9.17, 15) is 0 Å². The number of furan rings is 1. The van der Waals surface area contributed by atoms with Gasteiger partial charge in [0.1, 0.15) is 11.5 Å². The Labute approximate surface area is 138 Å². The summed E-state index contributed by atoms with van der Waals surface area (Å²) in [6, 6.07) is 4.20. The molecule has 1 saturated heterocycles. The molecule has 3 heterocycles. The Kier molecular flexibility index (Phi) is 4.60. The van der Waals surface area contributed by atoms with E-state index in [2.05, 4.69) is 42.5 Å². The molecule has 2 aromatic heterocycles. The predicted molar refractivity (Wildman–Crippen MR) is 89.2 cm³/mol. The average Bonchev–Trinajstić information content (AvgIpc) is 3.18. The highest BCUT2D eigenvalue weighted by Crippen LogP contribution is 2.27. The van der Waals surface area contributed by atoms with Crippen molar-refractivity contribution in [2.24, 2.45) is 0 Å². The Morgan fingerprint density at radius 1 is 1.22 bits per heavy atom. The van der Waals surface area contributed by atoms with E-state index in [1.165, 1.54) is 0 Å². The van der Waals surface area contributed by atoms with Crippen LogP contribution in [0.15, 0.2) is 33.4 Å². The first kappa shape index (κ1) is 16.3. The molecule has 1 atom stereocenters. The fourth-order valence-electron chi connectivity index (χ4n) is 2.92. The second-order valence-electron chi connectivity index (χ2n) is 7.38. The highest BCUT2D eigenvalue weighted by molar-refractivity contribution is 5.07. The highest BCUT2D eigenvalue weighted by Gasteiger charge is 2.27. The molecule has 0 radical (unpaired) electrons. The van der Waals surface area contributed by atoms with Crippen molar-refractivity contribution < 1.29 is 8.83 Å². The Bertz CT molecular complexity index is 605. The summed E-state index contributed by atoms with van der Waals surface area (Å²) >= 11 is 0. The minimum absolute atomic E-state index is 0.00665. The number of oxazole rings is 1. The SMILES string of the molecule is CC(c1ncc(C(C)(C)C)o1)N1CCN(Cc2ccco2)CC1. The maximum Gasteiger partial charge on any atom is 0.211 e. The third-order valence-electron chi connectivity index (χ3n) is 4.53. The smallest absolute Gasteiger partial charge is 0.211 e. The molecule has 0 bridgehead atoms. The van der Waals surface area contributed by atoms with Crippen LogP contribution in [0.4, 0.5) is 0 Å². The fraction of sp³-hybridized carbons (Fsp3) is 0.611. The molecule has 0 N–H and O–H groups in total. The molecular formula is C18H27N3O2. The number of hydrogen-bond acceptors (Lipinski definition) is 5. The number of nitrogens with zero attached hydrogens (tertiary/aromatic N) is 3. The second kappa shape index (κ2) is 6.49. The zero-order valence-electron chi connectivity index (χ0n) is 14.6. The molecule has 0 aromatic carbocycles. The van der Waals surface area contributed by atoms with Crippen LogP contribution in [0.5, 0.6) is 0 Å². The number of aromatic nitrogens is 1. The minimum Gasteiger partial charge on any atom is -0.468 e. The zero-order valence-corrected chi connectivity index (χ0v) is 14.6. The van der Waals surface area contributed by atoms with Crippen LogP contribution in [-0.4, -0.2) is 41.0 Å². The molecule has 5 heteroatoms. The lowest BCUT2D eigenvalue weighted by molar-refractivity contribution is 0.0825. The molecule has 0 aliphatic carbocycles. The van der Waals surface area contributed by atoms with E-state index < -0.39 is 0 Å². The van der Waals surface area contributed by atoms with Crippen LogP contribution in [-0.2, 0) is 12.0 Å². The predicted octanol–water partition coefficient (Wildman–Crippen LogP) is 3.44. The molecule has 1 aliphatic rings. The summed E-state index contributed by atoms with van der Waals surface area (Å²) in [4.78, 5) is 9.37. The van der Waals surface area contributed by atoms with Crippen molar-refractivity contribution in [1.82, 2.24) is 14.8 Å². The molecule has 5 nitrogen and oxygen atoms in total. The first-order valence-electron chi connectivity index (χ1n) is 8.38. The van der Waals surface area contributed by atoms with E-state index in [4.69, 9.17) is 8.83 Å². The molecule has 1 aliphatic heterocycles. The van der Waals surface area contributed by atoms with Crippen LogP contribution in [0.1, 0.15) is 51.1 Å². The summed E-state index contributed by atoms with van der Waals surface area (Å²) < 4.78 is 11.4. The van der Waals surface area contributed by atoms with Gasteiger partial charge in [-0.3, -0.25) is 9.80 Å². The van der Waals surface area contributed by atoms with Gasteiger partial charge >= 0.3 is 0 Å². The van der Waals surface area contributed by atoms with Crippen molar-refractivity contribution in [3.05, 3.63) is 42.0 Å². The van der Waals surface area contributed by atoms with Gasteiger partial charge in [-0.15, -0.1) is 0 Å². The van der Waals surface area contributed by atoms with Gasteiger partial charge in [-0.05, 0) is 19.1 Å². The molecule has 1 fully saturated rings. The number of piperazine rings is 1. The average molecular weight is 317 g/mol. The first-order valence-corrected chi connectivity index (χ1v) is 8.38. The lowest BCUT2D eigenvalue weighted by Crippen LogP contribution is -2.46. The van der Waals surface area contributed by atoms with E-state index in [0.717, 1.165) is 50.1 Å². The monoisotopic (exact) mass is 317 g/mol. The first-order chi connectivity index (χ1) is 10.9. The van der Waals surface area contributed by atoms with Crippen LogP contribution in [0.25, 0.3) is 0 Å². The highest BCUT2D eigenvalue weighted by atomic mass is 16.4. The summed E-state index contributed by atoms with van der Waals surface area (Å²) in [5, 5.41) is 0. The molecular weight excluding hydrogens is 290 g/mol. The van der Waals surface area contributed by atoms with E-state index in [-0.39, 0.29) is 11.5 Å². The molecule has 23 heavy (non-hydrogen) atoms. The van der Waals surface area contributed by atoms with Gasteiger partial charge in [0, 0.05) is 31.6 Å². The largest absolute Gasteiger partial charge is 0.468 e. The Morgan fingerprint density at radius 3 is 2.52 bits per heavy atom. The van der Waals surface area contributed by atoms with E-state index in [0.29, 0.717) is 0 Å². The summed E-state index contributed by atoms with van der Waals surface area (Å²) in [7, 11) is 0. The summed E-state index contributed by atoms with van der Waals surface area (Å²) in [5.41, 5.74) is 0.00665. The lowest BCUT2D eigenvalue weighted by Gasteiger charge is -2.36. The Morgan fingerprint density at radius 2 is 1.96 bits per heavy atom. The van der Waals surface area contributed by atoms with Crippen LogP contribution in [0, 0.1) is 0 Å². The maximum absolute atomic E-state index is 5.99. The lowest BCUT2D eigenvalue weighted by atomic mass is 9.94. The van der Waals surface area contributed by atoms with Gasteiger partial charge in [0.15, 0.2) is 0 Å². The molecule has 0 saturated carbocycles. The Hall–Kier alpha value is -1.59. The van der Waals surface area contributed by atoms with E-state index in [1.54, 1.807) is 6.26 Å². The van der Waals surface area contributed by atoms with Gasteiger partial charge in [0.25, 0.3) is 0 Å². The fourth-order valence-corrected chi connectivity index (χ4v) is 2.92. The molecule has 126 valence electrons. The van der Waals surface area contributed by atoms with Gasteiger partial charge in [-0.25, -0.2) is 4.98 Å². The van der Waals surface area contributed by atoms with Crippen molar-refractivity contribution in [3.63, 3.8) is 0 Å². The summed E-state index contributed by atoms with van der Waals surface area (Å²) in [6.07, 6.45) is 3.61. The van der Waals surface area contributed by atoms with Gasteiger partial charge in [-0.1, -0.05) is 20.8 Å². The molecule has 0 spiro atoms. The number of hydrogen-bond donors (Lipinski definition) is 0. The van der Waals surface area contributed by atoms with Crippen LogP contribution >= 0.6 is 0 Å². The van der Waals surface area contributed by atoms with Crippen LogP contribution < -0.4 is 0 Å². The maximum atomic E-state index is 5.99. The van der Waals surface area contributed by atoms with Crippen LogP contribution in [0.2, 0.25) is 0 Å². The van der Waals surface area contributed by atoms with E-state index >= 15 is 0 Å². The van der Waals surface area contributed by atoms with Gasteiger partial charge in [0.2, 0.25) is 5.89 Å². The van der Waals surface area contributed by atoms with Crippen molar-refractivity contribution in [1.29, 1.82) is 0 Å². The van der Waals surface area contributed by atoms with Crippen LogP contribution in [0.3, 0.4) is 0 Å². The quantitative estimate of drug-likeness (QED) is 0.864. The summed E-state index contributed by atoms with van der Waals surface area (Å²) in [5.74, 6) is 2.82. The summed E-state index contributed by atoms with van der Waals surface area (Å²) in [6.45, 7) is 13.6. The Balaban J connectivity index is 1.55. The molecule has 1 unspecified atom stereocenters. The van der Waals surface area contributed by atoms with Crippen molar-refractivity contribution >= 4 is 0 Å². The third kappa shape index (κ3) is 3.85. The number of rotatable bonds is 4.